The Morgan fingerprint density at radius 3 is 2.33 bits per heavy atom. The van der Waals surface area contributed by atoms with Gasteiger partial charge < -0.3 is 10.1 Å². The molecule has 2 atom stereocenters. The Kier molecular flexibility index (Phi) is 5.51. The summed E-state index contributed by atoms with van der Waals surface area (Å²) in [5.41, 5.74) is 2.11. The molecule has 2 unspecified atom stereocenters. The maximum Gasteiger partial charge on any atom is 0.123 e. The number of methoxy groups -OCH3 is 1. The summed E-state index contributed by atoms with van der Waals surface area (Å²) in [5, 5.41) is 4.93. The summed E-state index contributed by atoms with van der Waals surface area (Å²) in [6, 6.07) is 13.7. The topological polar surface area (TPSA) is 21.3 Å². The standard InChI is InChI=1S/C17H19Cl2NO/c1-11(14-6-4-5-7-17(14)21-3)20-12(2)15-10-13(18)8-9-16(15)19/h4-12,20H,1-3H3. The second kappa shape index (κ2) is 7.17. The van der Waals surface area contributed by atoms with Crippen molar-refractivity contribution in [3.8, 4) is 5.75 Å². The molecule has 2 nitrogen and oxygen atoms in total. The third-order valence-corrected chi connectivity index (χ3v) is 4.11. The largest absolute Gasteiger partial charge is 0.496 e. The van der Waals surface area contributed by atoms with Crippen LogP contribution in [-0.2, 0) is 0 Å². The van der Waals surface area contributed by atoms with Crippen molar-refractivity contribution in [2.45, 2.75) is 25.9 Å². The lowest BCUT2D eigenvalue weighted by molar-refractivity contribution is 0.396. The summed E-state index contributed by atoms with van der Waals surface area (Å²) in [5.74, 6) is 0.877. The smallest absolute Gasteiger partial charge is 0.123 e. The van der Waals surface area contributed by atoms with Gasteiger partial charge in [0, 0.05) is 27.7 Å². The Hall–Kier alpha value is -1.22. The van der Waals surface area contributed by atoms with Crippen LogP contribution in [0, 0.1) is 0 Å². The zero-order valence-electron chi connectivity index (χ0n) is 12.4. The summed E-state index contributed by atoms with van der Waals surface area (Å²) < 4.78 is 5.41. The van der Waals surface area contributed by atoms with Crippen LogP contribution in [0.2, 0.25) is 10.0 Å². The first-order valence-corrected chi connectivity index (χ1v) is 7.62. The number of nitrogens with one attached hydrogen (secondary N) is 1. The fourth-order valence-corrected chi connectivity index (χ4v) is 2.89. The molecule has 1 N–H and O–H groups in total. The molecule has 21 heavy (non-hydrogen) atoms. The number of halogens is 2. The van der Waals surface area contributed by atoms with Crippen LogP contribution in [0.15, 0.2) is 42.5 Å². The second-order valence-corrected chi connectivity index (χ2v) is 5.86. The van der Waals surface area contributed by atoms with Crippen molar-refractivity contribution in [1.29, 1.82) is 0 Å². The summed E-state index contributed by atoms with van der Waals surface area (Å²) in [6.45, 7) is 4.18. The van der Waals surface area contributed by atoms with Gasteiger partial charge in [-0.25, -0.2) is 0 Å². The molecule has 0 saturated heterocycles. The summed E-state index contributed by atoms with van der Waals surface area (Å²) in [4.78, 5) is 0. The van der Waals surface area contributed by atoms with Crippen molar-refractivity contribution in [3.05, 3.63) is 63.6 Å². The Morgan fingerprint density at radius 2 is 1.62 bits per heavy atom. The minimum atomic E-state index is 0.0797. The number of rotatable bonds is 5. The molecule has 0 aliphatic rings. The van der Waals surface area contributed by atoms with Crippen LogP contribution in [-0.4, -0.2) is 7.11 Å². The molecule has 2 aromatic rings. The van der Waals surface area contributed by atoms with Crippen molar-refractivity contribution in [2.75, 3.05) is 7.11 Å². The van der Waals surface area contributed by atoms with Crippen LogP contribution >= 0.6 is 23.2 Å². The molecule has 0 heterocycles. The molecule has 0 radical (unpaired) electrons. The minimum absolute atomic E-state index is 0.0797. The molecule has 0 spiro atoms. The maximum atomic E-state index is 6.26. The highest BCUT2D eigenvalue weighted by atomic mass is 35.5. The molecule has 0 aliphatic heterocycles. The van der Waals surface area contributed by atoms with Gasteiger partial charge in [0.15, 0.2) is 0 Å². The summed E-state index contributed by atoms with van der Waals surface area (Å²) in [6.07, 6.45) is 0. The number of hydrogen-bond donors (Lipinski definition) is 1. The van der Waals surface area contributed by atoms with Gasteiger partial charge in [-0.1, -0.05) is 41.4 Å². The van der Waals surface area contributed by atoms with Crippen LogP contribution in [0.5, 0.6) is 5.75 Å². The molecular formula is C17H19Cl2NO. The van der Waals surface area contributed by atoms with E-state index in [2.05, 4.69) is 25.2 Å². The van der Waals surface area contributed by atoms with Crippen LogP contribution in [0.25, 0.3) is 0 Å². The predicted octanol–water partition coefficient (Wildman–Crippen LogP) is 5.41. The van der Waals surface area contributed by atoms with Gasteiger partial charge >= 0.3 is 0 Å². The lowest BCUT2D eigenvalue weighted by atomic mass is 10.0. The molecule has 0 saturated carbocycles. The first kappa shape index (κ1) is 16.2. The van der Waals surface area contributed by atoms with Gasteiger partial charge in [-0.15, -0.1) is 0 Å². The maximum absolute atomic E-state index is 6.26. The molecule has 112 valence electrons. The molecule has 0 amide bonds. The SMILES string of the molecule is COc1ccccc1C(C)NC(C)c1cc(Cl)ccc1Cl. The fourth-order valence-electron chi connectivity index (χ4n) is 2.43. The second-order valence-electron chi connectivity index (χ2n) is 5.02. The normalized spacial score (nSPS) is 13.8. The Bertz CT molecular complexity index is 615. The highest BCUT2D eigenvalue weighted by molar-refractivity contribution is 6.33. The average Bonchev–Trinajstić information content (AvgIpc) is 2.49. The molecule has 2 rings (SSSR count). The van der Waals surface area contributed by atoms with E-state index in [4.69, 9.17) is 27.9 Å². The molecule has 0 aliphatic carbocycles. The number of para-hydroxylation sites is 1. The first-order chi connectivity index (χ1) is 10.0. The van der Waals surface area contributed by atoms with Crippen molar-refractivity contribution < 1.29 is 4.74 Å². The third-order valence-electron chi connectivity index (χ3n) is 3.53. The van der Waals surface area contributed by atoms with Gasteiger partial charge in [0.25, 0.3) is 0 Å². The zero-order valence-corrected chi connectivity index (χ0v) is 13.9. The van der Waals surface area contributed by atoms with E-state index < -0.39 is 0 Å². The van der Waals surface area contributed by atoms with Gasteiger partial charge in [-0.2, -0.15) is 0 Å². The van der Waals surface area contributed by atoms with Crippen LogP contribution in [0.1, 0.15) is 37.1 Å². The Morgan fingerprint density at radius 1 is 0.952 bits per heavy atom. The third kappa shape index (κ3) is 3.91. The van der Waals surface area contributed by atoms with Crippen LogP contribution in [0.3, 0.4) is 0 Å². The van der Waals surface area contributed by atoms with Gasteiger partial charge in [0.05, 0.1) is 7.11 Å². The Labute approximate surface area is 136 Å². The molecule has 2 aromatic carbocycles. The van der Waals surface area contributed by atoms with E-state index >= 15 is 0 Å². The van der Waals surface area contributed by atoms with Crippen molar-refractivity contribution in [1.82, 2.24) is 5.32 Å². The summed E-state index contributed by atoms with van der Waals surface area (Å²) >= 11 is 12.3. The zero-order chi connectivity index (χ0) is 15.4. The van der Waals surface area contributed by atoms with E-state index in [1.54, 1.807) is 13.2 Å². The van der Waals surface area contributed by atoms with E-state index in [1.807, 2.05) is 30.3 Å². The van der Waals surface area contributed by atoms with Crippen LogP contribution < -0.4 is 10.1 Å². The Balaban J connectivity index is 2.18. The van der Waals surface area contributed by atoms with Gasteiger partial charge in [-0.05, 0) is 43.7 Å². The monoisotopic (exact) mass is 323 g/mol. The summed E-state index contributed by atoms with van der Waals surface area (Å²) in [7, 11) is 1.68. The van der Waals surface area contributed by atoms with Gasteiger partial charge in [0.2, 0.25) is 0 Å². The number of benzene rings is 2. The highest BCUT2D eigenvalue weighted by Gasteiger charge is 2.16. The lowest BCUT2D eigenvalue weighted by Crippen LogP contribution is -2.23. The van der Waals surface area contributed by atoms with Gasteiger partial charge in [0.1, 0.15) is 5.75 Å². The highest BCUT2D eigenvalue weighted by Crippen LogP contribution is 2.30. The first-order valence-electron chi connectivity index (χ1n) is 6.87. The average molecular weight is 324 g/mol. The van der Waals surface area contributed by atoms with Crippen molar-refractivity contribution >= 4 is 23.2 Å². The molecule has 0 bridgehead atoms. The number of ether oxygens (including phenoxy) is 1. The minimum Gasteiger partial charge on any atom is -0.496 e. The van der Waals surface area contributed by atoms with Gasteiger partial charge in [-0.3, -0.25) is 0 Å². The fraction of sp³-hybridized carbons (Fsp3) is 0.294. The molecule has 0 fully saturated rings. The number of hydrogen-bond acceptors (Lipinski definition) is 2. The van der Waals surface area contributed by atoms with Crippen LogP contribution in [0.4, 0.5) is 0 Å². The van der Waals surface area contributed by atoms with Crippen molar-refractivity contribution in [3.63, 3.8) is 0 Å². The quantitative estimate of drug-likeness (QED) is 0.793. The van der Waals surface area contributed by atoms with E-state index in [1.165, 1.54) is 0 Å². The lowest BCUT2D eigenvalue weighted by Gasteiger charge is -2.23. The van der Waals surface area contributed by atoms with E-state index in [9.17, 15) is 0 Å². The van der Waals surface area contributed by atoms with Crippen molar-refractivity contribution in [2.24, 2.45) is 0 Å². The molecule has 4 heteroatoms. The van der Waals surface area contributed by atoms with E-state index in [-0.39, 0.29) is 12.1 Å². The van der Waals surface area contributed by atoms with E-state index in [0.717, 1.165) is 16.9 Å². The van der Waals surface area contributed by atoms with E-state index in [0.29, 0.717) is 10.0 Å². The molecular weight excluding hydrogens is 305 g/mol. The molecule has 0 aromatic heterocycles. The predicted molar refractivity (Wildman–Crippen MR) is 89.4 cm³/mol.